The van der Waals surface area contributed by atoms with Crippen molar-refractivity contribution < 1.29 is 14.0 Å². The van der Waals surface area contributed by atoms with Crippen molar-refractivity contribution in [1.29, 1.82) is 5.26 Å². The number of hydrogen-bond acceptors (Lipinski definition) is 4. The summed E-state index contributed by atoms with van der Waals surface area (Å²) in [6.07, 6.45) is 1.11. The number of allylic oxidation sites excluding steroid dienone is 1. The lowest BCUT2D eigenvalue weighted by Gasteiger charge is -2.25. The van der Waals surface area contributed by atoms with Gasteiger partial charge in [0.1, 0.15) is 5.82 Å². The molecule has 2 N–H and O–H groups in total. The molecule has 0 aliphatic carbocycles. The Hall–Kier alpha value is -3.11. The molecular formula is C22H20FN3O2S. The van der Waals surface area contributed by atoms with Crippen LogP contribution in [0.4, 0.5) is 10.1 Å². The van der Waals surface area contributed by atoms with Crippen LogP contribution in [0.1, 0.15) is 30.4 Å². The number of amides is 2. The van der Waals surface area contributed by atoms with Crippen LogP contribution in [0.2, 0.25) is 0 Å². The van der Waals surface area contributed by atoms with Gasteiger partial charge >= 0.3 is 0 Å². The molecule has 2 aromatic rings. The van der Waals surface area contributed by atoms with Crippen LogP contribution in [-0.4, -0.2) is 17.6 Å². The molecule has 0 saturated heterocycles. The van der Waals surface area contributed by atoms with E-state index in [1.54, 1.807) is 0 Å². The highest BCUT2D eigenvalue weighted by molar-refractivity contribution is 8.03. The SMILES string of the molecule is CCc1ccc([C@H]2CC(=O)NC(SCC(=O)Nc3ccc(F)cc3)=C2C#N)cc1. The molecule has 0 bridgehead atoms. The molecular weight excluding hydrogens is 389 g/mol. The summed E-state index contributed by atoms with van der Waals surface area (Å²) in [6, 6.07) is 15.6. The first kappa shape index (κ1) is 20.6. The van der Waals surface area contributed by atoms with Gasteiger partial charge in [-0.2, -0.15) is 5.26 Å². The average molecular weight is 409 g/mol. The van der Waals surface area contributed by atoms with Gasteiger partial charge in [-0.15, -0.1) is 0 Å². The van der Waals surface area contributed by atoms with Gasteiger partial charge in [0, 0.05) is 18.0 Å². The minimum atomic E-state index is -0.385. The smallest absolute Gasteiger partial charge is 0.234 e. The van der Waals surface area contributed by atoms with Gasteiger partial charge in [0.25, 0.3) is 0 Å². The molecule has 148 valence electrons. The summed E-state index contributed by atoms with van der Waals surface area (Å²) in [5.41, 5.74) is 3.02. The molecule has 5 nitrogen and oxygen atoms in total. The number of nitrogens with one attached hydrogen (secondary N) is 2. The quantitative estimate of drug-likeness (QED) is 0.753. The fourth-order valence-electron chi connectivity index (χ4n) is 3.07. The van der Waals surface area contributed by atoms with Crippen molar-refractivity contribution in [2.45, 2.75) is 25.7 Å². The molecule has 1 aliphatic heterocycles. The third-order valence-electron chi connectivity index (χ3n) is 4.62. The molecule has 0 spiro atoms. The number of aryl methyl sites for hydroxylation is 1. The van der Waals surface area contributed by atoms with Gasteiger partial charge in [0.05, 0.1) is 22.4 Å². The fraction of sp³-hybridized carbons (Fsp3) is 0.227. The molecule has 7 heteroatoms. The Balaban J connectivity index is 1.73. The maximum atomic E-state index is 13.0. The maximum Gasteiger partial charge on any atom is 0.234 e. The van der Waals surface area contributed by atoms with Crippen LogP contribution in [0.3, 0.4) is 0 Å². The number of thioether (sulfide) groups is 1. The Morgan fingerprint density at radius 1 is 1.24 bits per heavy atom. The van der Waals surface area contributed by atoms with Gasteiger partial charge in [0.15, 0.2) is 0 Å². The molecule has 3 rings (SSSR count). The Morgan fingerprint density at radius 3 is 2.55 bits per heavy atom. The van der Waals surface area contributed by atoms with Crippen LogP contribution in [0.15, 0.2) is 59.1 Å². The number of carbonyl (C=O) groups excluding carboxylic acids is 2. The number of nitriles is 1. The van der Waals surface area contributed by atoms with Crippen LogP contribution in [-0.2, 0) is 16.0 Å². The maximum absolute atomic E-state index is 13.0. The predicted molar refractivity (Wildman–Crippen MR) is 111 cm³/mol. The first-order chi connectivity index (χ1) is 14.0. The summed E-state index contributed by atoms with van der Waals surface area (Å²) in [6.45, 7) is 2.06. The van der Waals surface area contributed by atoms with E-state index < -0.39 is 0 Å². The summed E-state index contributed by atoms with van der Waals surface area (Å²) in [4.78, 5) is 24.4. The van der Waals surface area contributed by atoms with Crippen molar-refractivity contribution in [2.24, 2.45) is 0 Å². The van der Waals surface area contributed by atoms with Gasteiger partial charge in [-0.3, -0.25) is 9.59 Å². The number of nitrogens with zero attached hydrogens (tertiary/aromatic N) is 1. The minimum Gasteiger partial charge on any atom is -0.325 e. The molecule has 0 aromatic heterocycles. The van der Waals surface area contributed by atoms with Gasteiger partial charge < -0.3 is 10.6 Å². The number of anilines is 1. The number of benzene rings is 2. The fourth-order valence-corrected chi connectivity index (χ4v) is 3.95. The third-order valence-corrected chi connectivity index (χ3v) is 5.64. The van der Waals surface area contributed by atoms with Crippen molar-refractivity contribution in [2.75, 3.05) is 11.1 Å². The second-order valence-corrected chi connectivity index (χ2v) is 7.58. The zero-order valence-corrected chi connectivity index (χ0v) is 16.7. The van der Waals surface area contributed by atoms with Gasteiger partial charge in [0.2, 0.25) is 11.8 Å². The lowest BCUT2D eigenvalue weighted by molar-refractivity contribution is -0.121. The first-order valence-electron chi connectivity index (χ1n) is 9.21. The van der Waals surface area contributed by atoms with E-state index in [0.29, 0.717) is 16.3 Å². The van der Waals surface area contributed by atoms with Crippen molar-refractivity contribution in [3.05, 3.63) is 76.1 Å². The standard InChI is InChI=1S/C22H20FN3O2S/c1-2-14-3-5-15(6-4-14)18-11-20(27)26-22(19(18)12-24)29-13-21(28)25-17-9-7-16(23)8-10-17/h3-10,18H,2,11,13H2,1H3,(H,25,28)(H,26,27)/t18-/m1/s1. The molecule has 0 radical (unpaired) electrons. The average Bonchev–Trinajstić information content (AvgIpc) is 2.73. The second kappa shape index (κ2) is 9.39. The molecule has 0 fully saturated rings. The summed E-state index contributed by atoms with van der Waals surface area (Å²) >= 11 is 1.11. The van der Waals surface area contributed by atoms with Crippen LogP contribution >= 0.6 is 11.8 Å². The van der Waals surface area contributed by atoms with Crippen molar-refractivity contribution in [1.82, 2.24) is 5.32 Å². The molecule has 29 heavy (non-hydrogen) atoms. The van der Waals surface area contributed by atoms with Gasteiger partial charge in [-0.1, -0.05) is 43.0 Å². The number of rotatable bonds is 6. The number of halogens is 1. The molecule has 0 unspecified atom stereocenters. The largest absolute Gasteiger partial charge is 0.325 e. The Bertz CT molecular complexity index is 979. The van der Waals surface area contributed by atoms with Crippen LogP contribution < -0.4 is 10.6 Å². The van der Waals surface area contributed by atoms with E-state index in [2.05, 4.69) is 23.6 Å². The van der Waals surface area contributed by atoms with Gasteiger partial charge in [-0.25, -0.2) is 4.39 Å². The topological polar surface area (TPSA) is 82.0 Å². The van der Waals surface area contributed by atoms with Crippen molar-refractivity contribution >= 4 is 29.3 Å². The van der Waals surface area contributed by atoms with Crippen molar-refractivity contribution in [3.63, 3.8) is 0 Å². The Labute approximate surface area is 173 Å². The number of hydrogen-bond donors (Lipinski definition) is 2. The second-order valence-electron chi connectivity index (χ2n) is 6.60. The van der Waals surface area contributed by atoms with E-state index in [4.69, 9.17) is 0 Å². The summed E-state index contributed by atoms with van der Waals surface area (Å²) in [5.74, 6) is -1.20. The Kier molecular flexibility index (Phi) is 6.68. The lowest BCUT2D eigenvalue weighted by Crippen LogP contribution is -2.31. The highest BCUT2D eigenvalue weighted by Gasteiger charge is 2.29. The molecule has 0 saturated carbocycles. The van der Waals surface area contributed by atoms with E-state index in [-0.39, 0.29) is 35.7 Å². The third kappa shape index (κ3) is 5.24. The molecule has 1 heterocycles. The highest BCUT2D eigenvalue weighted by Crippen LogP contribution is 2.36. The van der Waals surface area contributed by atoms with E-state index >= 15 is 0 Å². The zero-order valence-electron chi connectivity index (χ0n) is 15.9. The van der Waals surface area contributed by atoms with Crippen molar-refractivity contribution in [3.8, 4) is 6.07 Å². The van der Waals surface area contributed by atoms with Crippen LogP contribution in [0.25, 0.3) is 0 Å². The lowest BCUT2D eigenvalue weighted by atomic mass is 9.86. The van der Waals surface area contributed by atoms with E-state index in [1.807, 2.05) is 24.3 Å². The zero-order chi connectivity index (χ0) is 20.8. The monoisotopic (exact) mass is 409 g/mol. The predicted octanol–water partition coefficient (Wildman–Crippen LogP) is 4.10. The van der Waals surface area contributed by atoms with E-state index in [9.17, 15) is 19.2 Å². The summed E-state index contributed by atoms with van der Waals surface area (Å²) in [7, 11) is 0. The van der Waals surface area contributed by atoms with E-state index in [1.165, 1.54) is 29.8 Å². The molecule has 2 amide bonds. The minimum absolute atomic E-state index is 0.0136. The molecule has 2 aromatic carbocycles. The number of carbonyl (C=O) groups is 2. The Morgan fingerprint density at radius 2 is 1.93 bits per heavy atom. The summed E-state index contributed by atoms with van der Waals surface area (Å²) < 4.78 is 13.0. The normalized spacial score (nSPS) is 16.2. The molecule has 1 aliphatic rings. The van der Waals surface area contributed by atoms with Crippen LogP contribution in [0, 0.1) is 17.1 Å². The van der Waals surface area contributed by atoms with E-state index in [0.717, 1.165) is 23.7 Å². The van der Waals surface area contributed by atoms with Gasteiger partial charge in [-0.05, 0) is 41.8 Å². The van der Waals surface area contributed by atoms with Crippen LogP contribution in [0.5, 0.6) is 0 Å². The highest BCUT2D eigenvalue weighted by atomic mass is 32.2. The summed E-state index contributed by atoms with van der Waals surface area (Å²) in [5, 5.41) is 15.5. The first-order valence-corrected chi connectivity index (χ1v) is 10.2. The molecule has 1 atom stereocenters.